The number of hydrogen-bond donors (Lipinski definition) is 3. The number of carbonyl (C=O) groups is 2. The molecule has 25 heavy (non-hydrogen) atoms. The molecule has 2 aromatic rings. The van der Waals surface area contributed by atoms with Crippen molar-refractivity contribution in [1.29, 1.82) is 0 Å². The standard InChI is InChI=1S/C19H21N3O3/c20-9-10-25-14-7-5-13(6-8-14)11-18(23)22-17-12-19(24)21-16-4-2-1-3-15(16)17/h1-8,17H,9-12,20H2,(H,21,24)(H,22,23). The Bertz CT molecular complexity index is 759. The Morgan fingerprint density at radius 1 is 1.20 bits per heavy atom. The molecule has 1 aliphatic heterocycles. The molecule has 0 spiro atoms. The van der Waals surface area contributed by atoms with Gasteiger partial charge in [0.05, 0.1) is 18.9 Å². The zero-order chi connectivity index (χ0) is 17.6. The van der Waals surface area contributed by atoms with E-state index in [2.05, 4.69) is 10.6 Å². The zero-order valence-corrected chi connectivity index (χ0v) is 13.8. The largest absolute Gasteiger partial charge is 0.492 e. The van der Waals surface area contributed by atoms with E-state index in [4.69, 9.17) is 10.5 Å². The number of nitrogens with two attached hydrogens (primary N) is 1. The number of ether oxygens (including phenoxy) is 1. The van der Waals surface area contributed by atoms with E-state index >= 15 is 0 Å². The van der Waals surface area contributed by atoms with Crippen LogP contribution in [0.4, 0.5) is 5.69 Å². The second kappa shape index (κ2) is 7.81. The number of para-hydroxylation sites is 1. The van der Waals surface area contributed by atoms with Crippen LogP contribution in [0.3, 0.4) is 0 Å². The highest BCUT2D eigenvalue weighted by molar-refractivity contribution is 5.95. The van der Waals surface area contributed by atoms with Crippen LogP contribution in [0, 0.1) is 0 Å². The summed E-state index contributed by atoms with van der Waals surface area (Å²) in [4.78, 5) is 24.2. The summed E-state index contributed by atoms with van der Waals surface area (Å²) in [6.07, 6.45) is 0.492. The van der Waals surface area contributed by atoms with Crippen LogP contribution in [0.5, 0.6) is 5.75 Å². The summed E-state index contributed by atoms with van der Waals surface area (Å²) < 4.78 is 5.42. The summed E-state index contributed by atoms with van der Waals surface area (Å²) in [6, 6.07) is 14.6. The molecule has 0 radical (unpaired) electrons. The van der Waals surface area contributed by atoms with E-state index in [9.17, 15) is 9.59 Å². The van der Waals surface area contributed by atoms with Crippen molar-refractivity contribution >= 4 is 17.5 Å². The summed E-state index contributed by atoms with van der Waals surface area (Å²) >= 11 is 0. The maximum Gasteiger partial charge on any atom is 0.226 e. The first-order valence-electron chi connectivity index (χ1n) is 8.25. The van der Waals surface area contributed by atoms with Crippen molar-refractivity contribution in [1.82, 2.24) is 5.32 Å². The molecular formula is C19H21N3O3. The highest BCUT2D eigenvalue weighted by Gasteiger charge is 2.25. The van der Waals surface area contributed by atoms with Crippen molar-refractivity contribution in [2.24, 2.45) is 5.73 Å². The molecule has 0 aliphatic carbocycles. The topological polar surface area (TPSA) is 93.4 Å². The van der Waals surface area contributed by atoms with Gasteiger partial charge in [-0.05, 0) is 29.3 Å². The molecule has 1 atom stereocenters. The minimum atomic E-state index is -0.301. The lowest BCUT2D eigenvalue weighted by Gasteiger charge is -2.26. The molecule has 6 nitrogen and oxygen atoms in total. The van der Waals surface area contributed by atoms with Crippen LogP contribution < -0.4 is 21.1 Å². The fourth-order valence-electron chi connectivity index (χ4n) is 2.85. The molecule has 130 valence electrons. The number of amides is 2. The van der Waals surface area contributed by atoms with Crippen molar-refractivity contribution < 1.29 is 14.3 Å². The Hall–Kier alpha value is -2.86. The van der Waals surface area contributed by atoms with E-state index < -0.39 is 0 Å². The van der Waals surface area contributed by atoms with Crippen molar-refractivity contribution in [2.45, 2.75) is 18.9 Å². The third kappa shape index (κ3) is 4.36. The number of benzene rings is 2. The molecule has 0 aromatic heterocycles. The van der Waals surface area contributed by atoms with E-state index in [1.54, 1.807) is 0 Å². The number of nitrogens with one attached hydrogen (secondary N) is 2. The third-order valence-electron chi connectivity index (χ3n) is 4.01. The molecule has 0 fully saturated rings. The molecule has 6 heteroatoms. The van der Waals surface area contributed by atoms with Gasteiger partial charge in [-0.2, -0.15) is 0 Å². The van der Waals surface area contributed by atoms with Gasteiger partial charge in [0.1, 0.15) is 12.4 Å². The lowest BCUT2D eigenvalue weighted by molar-refractivity contribution is -0.122. The summed E-state index contributed by atoms with van der Waals surface area (Å²) in [5, 5.41) is 5.78. The van der Waals surface area contributed by atoms with Gasteiger partial charge >= 0.3 is 0 Å². The van der Waals surface area contributed by atoms with Crippen LogP contribution in [-0.4, -0.2) is 25.0 Å². The van der Waals surface area contributed by atoms with Crippen molar-refractivity contribution in [3.05, 3.63) is 59.7 Å². The number of rotatable bonds is 6. The number of fused-ring (bicyclic) bond motifs is 1. The summed E-state index contributed by atoms with van der Waals surface area (Å²) in [6.45, 7) is 0.920. The first-order valence-corrected chi connectivity index (χ1v) is 8.25. The maximum atomic E-state index is 12.4. The molecule has 1 unspecified atom stereocenters. The average Bonchev–Trinajstić information content (AvgIpc) is 2.61. The minimum absolute atomic E-state index is 0.0922. The molecule has 0 saturated heterocycles. The summed E-state index contributed by atoms with van der Waals surface area (Å²) in [7, 11) is 0. The second-order valence-electron chi connectivity index (χ2n) is 5.92. The van der Waals surface area contributed by atoms with Gasteiger partial charge in [-0.1, -0.05) is 30.3 Å². The van der Waals surface area contributed by atoms with Gasteiger partial charge in [0.15, 0.2) is 0 Å². The molecule has 4 N–H and O–H groups in total. The fourth-order valence-corrected chi connectivity index (χ4v) is 2.85. The first kappa shape index (κ1) is 17.0. The number of carbonyl (C=O) groups excluding carboxylic acids is 2. The van der Waals surface area contributed by atoms with Crippen LogP contribution in [0.25, 0.3) is 0 Å². The van der Waals surface area contributed by atoms with Crippen molar-refractivity contribution in [2.75, 3.05) is 18.5 Å². The Morgan fingerprint density at radius 3 is 2.72 bits per heavy atom. The minimum Gasteiger partial charge on any atom is -0.492 e. The Labute approximate surface area is 146 Å². The normalized spacial score (nSPS) is 15.9. The van der Waals surface area contributed by atoms with E-state index in [1.165, 1.54) is 0 Å². The van der Waals surface area contributed by atoms with Crippen LogP contribution in [0.15, 0.2) is 48.5 Å². The zero-order valence-electron chi connectivity index (χ0n) is 13.8. The van der Waals surface area contributed by atoms with Gasteiger partial charge in [-0.25, -0.2) is 0 Å². The van der Waals surface area contributed by atoms with E-state index in [0.29, 0.717) is 13.2 Å². The smallest absolute Gasteiger partial charge is 0.226 e. The monoisotopic (exact) mass is 339 g/mol. The van der Waals surface area contributed by atoms with Gasteiger partial charge in [-0.15, -0.1) is 0 Å². The third-order valence-corrected chi connectivity index (χ3v) is 4.01. The molecule has 0 bridgehead atoms. The fraction of sp³-hybridized carbons (Fsp3) is 0.263. The summed E-state index contributed by atoms with van der Waals surface area (Å²) in [5.74, 6) is 0.517. The molecule has 1 heterocycles. The van der Waals surface area contributed by atoms with Gasteiger partial charge in [0.25, 0.3) is 0 Å². The van der Waals surface area contributed by atoms with Gasteiger partial charge < -0.3 is 21.1 Å². The van der Waals surface area contributed by atoms with Gasteiger partial charge in [0.2, 0.25) is 11.8 Å². The molecule has 2 amide bonds. The van der Waals surface area contributed by atoms with E-state index in [1.807, 2.05) is 48.5 Å². The molecular weight excluding hydrogens is 318 g/mol. The maximum absolute atomic E-state index is 12.4. The predicted molar refractivity (Wildman–Crippen MR) is 95.3 cm³/mol. The van der Waals surface area contributed by atoms with Crippen LogP contribution >= 0.6 is 0 Å². The highest BCUT2D eigenvalue weighted by Crippen LogP contribution is 2.30. The van der Waals surface area contributed by atoms with Crippen molar-refractivity contribution in [3.8, 4) is 5.75 Å². The quantitative estimate of drug-likeness (QED) is 0.748. The average molecular weight is 339 g/mol. The predicted octanol–water partition coefficient (Wildman–Crippen LogP) is 1.77. The summed E-state index contributed by atoms with van der Waals surface area (Å²) in [5.41, 5.74) is 7.97. The number of hydrogen-bond acceptors (Lipinski definition) is 4. The van der Waals surface area contributed by atoms with Crippen LogP contribution in [-0.2, 0) is 16.0 Å². The lowest BCUT2D eigenvalue weighted by Crippen LogP contribution is -2.35. The SMILES string of the molecule is NCCOc1ccc(CC(=O)NC2CC(=O)Nc3ccccc32)cc1. The molecule has 0 saturated carbocycles. The molecule has 2 aromatic carbocycles. The van der Waals surface area contributed by atoms with Crippen LogP contribution in [0.1, 0.15) is 23.6 Å². The number of anilines is 1. The van der Waals surface area contributed by atoms with E-state index in [-0.39, 0.29) is 30.7 Å². The first-order chi connectivity index (χ1) is 12.2. The van der Waals surface area contributed by atoms with Gasteiger partial charge in [0, 0.05) is 12.2 Å². The van der Waals surface area contributed by atoms with E-state index in [0.717, 1.165) is 22.6 Å². The van der Waals surface area contributed by atoms with Crippen molar-refractivity contribution in [3.63, 3.8) is 0 Å². The van der Waals surface area contributed by atoms with Crippen LogP contribution in [0.2, 0.25) is 0 Å². The molecule has 1 aliphatic rings. The highest BCUT2D eigenvalue weighted by atomic mass is 16.5. The molecule has 3 rings (SSSR count). The second-order valence-corrected chi connectivity index (χ2v) is 5.92. The Kier molecular flexibility index (Phi) is 5.30. The Balaban J connectivity index is 1.62. The Morgan fingerprint density at radius 2 is 1.96 bits per heavy atom. The van der Waals surface area contributed by atoms with Gasteiger partial charge in [-0.3, -0.25) is 9.59 Å². The lowest BCUT2D eigenvalue weighted by atomic mass is 9.97.